The van der Waals surface area contributed by atoms with E-state index in [1.54, 1.807) is 48.5 Å². The predicted octanol–water partition coefficient (Wildman–Crippen LogP) is 3.77. The summed E-state index contributed by atoms with van der Waals surface area (Å²) in [7, 11) is 5.29. The monoisotopic (exact) mass is 408 g/mol. The molecule has 0 atom stereocenters. The van der Waals surface area contributed by atoms with E-state index in [1.807, 2.05) is 53.7 Å². The summed E-state index contributed by atoms with van der Waals surface area (Å²) in [5.74, 6) is -0.228. The summed E-state index contributed by atoms with van der Waals surface area (Å²) in [6.07, 6.45) is 0. The molecule has 3 N–H and O–H groups in total. The Kier molecular flexibility index (Phi) is 6.19. The zero-order valence-electron chi connectivity index (χ0n) is 16.7. The highest BCUT2D eigenvalue weighted by Gasteiger charge is 2.12. The normalized spacial score (nSPS) is 10.4. The van der Waals surface area contributed by atoms with Crippen molar-refractivity contribution in [3.8, 4) is 10.4 Å². The first-order valence-electron chi connectivity index (χ1n) is 9.11. The number of carbonyl (C=O) groups excluding carboxylic acids is 2. The Labute approximate surface area is 174 Å². The van der Waals surface area contributed by atoms with Crippen LogP contribution in [0, 0.1) is 0 Å². The molecule has 3 aromatic rings. The lowest BCUT2D eigenvalue weighted by molar-refractivity contribution is -0.127. The number of thiophene rings is 1. The van der Waals surface area contributed by atoms with Crippen LogP contribution in [0.3, 0.4) is 0 Å². The molecular formula is C22H24N4O2S. The molecule has 1 aromatic heterocycles. The number of rotatable bonds is 6. The molecule has 0 fully saturated rings. The first-order chi connectivity index (χ1) is 13.8. The Morgan fingerprint density at radius 2 is 1.76 bits per heavy atom. The van der Waals surface area contributed by atoms with Crippen LogP contribution >= 0.6 is 11.3 Å². The molecule has 150 valence electrons. The smallest absolute Gasteiger partial charge is 0.255 e. The van der Waals surface area contributed by atoms with Gasteiger partial charge in [-0.25, -0.2) is 0 Å². The van der Waals surface area contributed by atoms with Crippen LogP contribution in [-0.4, -0.2) is 44.4 Å². The van der Waals surface area contributed by atoms with Gasteiger partial charge in [-0.3, -0.25) is 9.59 Å². The standard InChI is InChI=1S/C22H24N4O2S/c1-25(2)21(27)14-26(3)17-9-6-15(7-10-17)22(28)24-19-13-16(8-11-18(19)23)20-5-4-12-29-20/h4-13H,14,23H2,1-3H3,(H,24,28). The van der Waals surface area contributed by atoms with E-state index >= 15 is 0 Å². The summed E-state index contributed by atoms with van der Waals surface area (Å²) >= 11 is 1.63. The number of benzene rings is 2. The Hall–Kier alpha value is -3.32. The third kappa shape index (κ3) is 4.94. The summed E-state index contributed by atoms with van der Waals surface area (Å²) < 4.78 is 0. The van der Waals surface area contributed by atoms with Crippen molar-refractivity contribution in [3.05, 3.63) is 65.5 Å². The Bertz CT molecular complexity index is 998. The number of nitrogens with two attached hydrogens (primary N) is 1. The van der Waals surface area contributed by atoms with E-state index in [4.69, 9.17) is 5.73 Å². The second kappa shape index (κ2) is 8.79. The van der Waals surface area contributed by atoms with E-state index < -0.39 is 0 Å². The van der Waals surface area contributed by atoms with Gasteiger partial charge in [0, 0.05) is 37.3 Å². The van der Waals surface area contributed by atoms with Crippen molar-refractivity contribution >= 4 is 40.2 Å². The number of nitrogens with zero attached hydrogens (tertiary/aromatic N) is 2. The highest BCUT2D eigenvalue weighted by molar-refractivity contribution is 7.13. The minimum absolute atomic E-state index is 0.00965. The molecule has 0 radical (unpaired) electrons. The number of nitrogen functional groups attached to an aromatic ring is 1. The highest BCUT2D eigenvalue weighted by atomic mass is 32.1. The van der Waals surface area contributed by atoms with Gasteiger partial charge >= 0.3 is 0 Å². The maximum absolute atomic E-state index is 12.7. The molecule has 7 heteroatoms. The first kappa shape index (κ1) is 20.4. The van der Waals surface area contributed by atoms with E-state index in [1.165, 1.54) is 0 Å². The third-order valence-corrected chi connectivity index (χ3v) is 5.47. The van der Waals surface area contributed by atoms with Crippen molar-refractivity contribution in [3.63, 3.8) is 0 Å². The molecule has 2 amide bonds. The lowest BCUT2D eigenvalue weighted by atomic mass is 10.1. The molecule has 3 rings (SSSR count). The zero-order valence-corrected chi connectivity index (χ0v) is 17.5. The van der Waals surface area contributed by atoms with Crippen molar-refractivity contribution in [2.24, 2.45) is 0 Å². The molecule has 1 heterocycles. The summed E-state index contributed by atoms with van der Waals surface area (Å²) in [5, 5.41) is 4.90. The van der Waals surface area contributed by atoms with E-state index in [9.17, 15) is 9.59 Å². The van der Waals surface area contributed by atoms with Crippen molar-refractivity contribution in [2.75, 3.05) is 43.6 Å². The van der Waals surface area contributed by atoms with Gasteiger partial charge in [0.15, 0.2) is 0 Å². The van der Waals surface area contributed by atoms with Crippen LogP contribution in [-0.2, 0) is 4.79 Å². The SMILES string of the molecule is CN(C)C(=O)CN(C)c1ccc(C(=O)Nc2cc(-c3cccs3)ccc2N)cc1. The topological polar surface area (TPSA) is 78.7 Å². The van der Waals surface area contributed by atoms with E-state index in [0.29, 0.717) is 16.9 Å². The largest absolute Gasteiger partial charge is 0.397 e. The van der Waals surface area contributed by atoms with Crippen molar-refractivity contribution in [1.29, 1.82) is 0 Å². The molecule has 0 aliphatic carbocycles. The van der Waals surface area contributed by atoms with Crippen LogP contribution < -0.4 is 16.0 Å². The Morgan fingerprint density at radius 3 is 2.38 bits per heavy atom. The Morgan fingerprint density at radius 1 is 1.03 bits per heavy atom. The van der Waals surface area contributed by atoms with E-state index in [-0.39, 0.29) is 18.4 Å². The summed E-state index contributed by atoms with van der Waals surface area (Å²) in [6, 6.07) is 16.8. The van der Waals surface area contributed by atoms with Crippen LogP contribution in [0.2, 0.25) is 0 Å². The summed E-state index contributed by atoms with van der Waals surface area (Å²) in [6.45, 7) is 0.268. The fourth-order valence-corrected chi connectivity index (χ4v) is 3.48. The minimum Gasteiger partial charge on any atom is -0.397 e. The average Bonchev–Trinajstić information content (AvgIpc) is 3.24. The second-order valence-electron chi connectivity index (χ2n) is 6.92. The van der Waals surface area contributed by atoms with Gasteiger partial charge in [0.05, 0.1) is 17.9 Å². The molecule has 6 nitrogen and oxygen atoms in total. The summed E-state index contributed by atoms with van der Waals surface area (Å²) in [5.41, 5.74) is 9.52. The quantitative estimate of drug-likeness (QED) is 0.609. The number of amides is 2. The molecule has 0 saturated heterocycles. The maximum Gasteiger partial charge on any atom is 0.255 e. The van der Waals surface area contributed by atoms with E-state index in [2.05, 4.69) is 5.32 Å². The molecule has 29 heavy (non-hydrogen) atoms. The zero-order chi connectivity index (χ0) is 21.0. The predicted molar refractivity (Wildman–Crippen MR) is 121 cm³/mol. The summed E-state index contributed by atoms with van der Waals surface area (Å²) in [4.78, 5) is 29.0. The maximum atomic E-state index is 12.7. The van der Waals surface area contributed by atoms with Gasteiger partial charge in [-0.1, -0.05) is 12.1 Å². The fraction of sp³-hybridized carbons (Fsp3) is 0.182. The third-order valence-electron chi connectivity index (χ3n) is 4.55. The van der Waals surface area contributed by atoms with Gasteiger partial charge in [-0.05, 0) is 53.4 Å². The molecule has 0 saturated carbocycles. The van der Waals surface area contributed by atoms with Crippen LogP contribution in [0.1, 0.15) is 10.4 Å². The number of likely N-dealkylation sites (N-methyl/N-ethyl adjacent to an activating group) is 2. The number of hydrogen-bond donors (Lipinski definition) is 2. The number of hydrogen-bond acceptors (Lipinski definition) is 5. The van der Waals surface area contributed by atoms with Gasteiger partial charge in [0.1, 0.15) is 0 Å². The second-order valence-corrected chi connectivity index (χ2v) is 7.87. The van der Waals surface area contributed by atoms with Crippen LogP contribution in [0.15, 0.2) is 60.0 Å². The Balaban J connectivity index is 1.71. The average molecular weight is 409 g/mol. The van der Waals surface area contributed by atoms with Crippen LogP contribution in [0.5, 0.6) is 0 Å². The molecule has 0 aliphatic rings. The fourth-order valence-electron chi connectivity index (χ4n) is 2.76. The van der Waals surface area contributed by atoms with Gasteiger partial charge in [0.2, 0.25) is 5.91 Å². The van der Waals surface area contributed by atoms with E-state index in [0.717, 1.165) is 16.1 Å². The molecule has 0 aliphatic heterocycles. The van der Waals surface area contributed by atoms with Crippen LogP contribution in [0.4, 0.5) is 17.1 Å². The lowest BCUT2D eigenvalue weighted by Gasteiger charge is -2.21. The van der Waals surface area contributed by atoms with Crippen molar-refractivity contribution in [1.82, 2.24) is 4.90 Å². The van der Waals surface area contributed by atoms with Crippen LogP contribution in [0.25, 0.3) is 10.4 Å². The van der Waals surface area contributed by atoms with Crippen molar-refractivity contribution in [2.45, 2.75) is 0 Å². The molecule has 0 bridgehead atoms. The van der Waals surface area contributed by atoms with Gasteiger partial charge in [0.25, 0.3) is 5.91 Å². The molecule has 0 unspecified atom stereocenters. The van der Waals surface area contributed by atoms with Crippen molar-refractivity contribution < 1.29 is 9.59 Å². The van der Waals surface area contributed by atoms with Gasteiger partial charge in [-0.15, -0.1) is 11.3 Å². The van der Waals surface area contributed by atoms with Gasteiger partial charge < -0.3 is 20.9 Å². The number of nitrogens with one attached hydrogen (secondary N) is 1. The molecule has 2 aromatic carbocycles. The number of anilines is 3. The highest BCUT2D eigenvalue weighted by Crippen LogP contribution is 2.30. The lowest BCUT2D eigenvalue weighted by Crippen LogP contribution is -2.34. The number of carbonyl (C=O) groups is 2. The first-order valence-corrected chi connectivity index (χ1v) is 9.99. The molecular weight excluding hydrogens is 384 g/mol. The molecule has 0 spiro atoms. The minimum atomic E-state index is -0.237. The van der Waals surface area contributed by atoms with Gasteiger partial charge in [-0.2, -0.15) is 0 Å².